The van der Waals surface area contributed by atoms with Crippen molar-refractivity contribution in [2.45, 2.75) is 13.8 Å². The summed E-state index contributed by atoms with van der Waals surface area (Å²) in [5.41, 5.74) is 1.43. The monoisotopic (exact) mass is 522 g/mol. The van der Waals surface area contributed by atoms with Crippen molar-refractivity contribution in [2.75, 3.05) is 6.26 Å². The zero-order chi connectivity index (χ0) is 15.8. The summed E-state index contributed by atoms with van der Waals surface area (Å²) in [5, 5.41) is 0. The van der Waals surface area contributed by atoms with E-state index in [2.05, 4.69) is 50.4 Å². The van der Waals surface area contributed by atoms with Gasteiger partial charge in [0, 0.05) is 11.5 Å². The van der Waals surface area contributed by atoms with E-state index >= 15 is 0 Å². The van der Waals surface area contributed by atoms with E-state index in [9.17, 15) is 0 Å². The Morgan fingerprint density at radius 1 is 0.900 bits per heavy atom. The second-order valence-corrected chi connectivity index (χ2v) is 63.5. The molecule has 0 N–H and O–H groups in total. The Morgan fingerprint density at radius 3 is 1.60 bits per heavy atom. The Kier molecular flexibility index (Phi) is 6.03. The van der Waals surface area contributed by atoms with Gasteiger partial charge >= 0.3 is 62.1 Å². The third-order valence-electron chi connectivity index (χ3n) is 2.38. The molecule has 1 aromatic carbocycles. The van der Waals surface area contributed by atoms with Gasteiger partial charge in [-0.05, 0) is 12.1 Å². The molecule has 1 heterocycles. The summed E-state index contributed by atoms with van der Waals surface area (Å²) in [6.45, 7) is 4.57. The van der Waals surface area contributed by atoms with Gasteiger partial charge in [0.05, 0.1) is 10.9 Å². The van der Waals surface area contributed by atoms with Gasteiger partial charge in [-0.1, -0.05) is 32.0 Å². The standard InChI is InChI=1S/C12H15S.6ClH.Sb/c1-9(2)11-12(13(11)3)10-7-5-4-6-8-10;;;;;;;/h4-9H,1-3H3;6*1H;/q+1;;;;;;;+5/p-6. The van der Waals surface area contributed by atoms with Gasteiger partial charge < -0.3 is 0 Å². The van der Waals surface area contributed by atoms with Gasteiger partial charge in [0.25, 0.3) is 0 Å². The molecule has 0 nitrogen and oxygen atoms in total. The first-order chi connectivity index (χ1) is 8.66. The molecule has 0 aromatic heterocycles. The maximum atomic E-state index is 5.06. The average molecular weight is 526 g/mol. The summed E-state index contributed by atoms with van der Waals surface area (Å²) in [6.07, 6.45) is 2.33. The van der Waals surface area contributed by atoms with Crippen LogP contribution in [0.25, 0.3) is 4.91 Å². The van der Waals surface area contributed by atoms with Gasteiger partial charge in [-0.3, -0.25) is 0 Å². The molecule has 1 aliphatic rings. The van der Waals surface area contributed by atoms with Crippen molar-refractivity contribution < 1.29 is 0 Å². The number of rotatable bonds is 2. The predicted molar refractivity (Wildman–Crippen MR) is 102 cm³/mol. The molecule has 0 spiro atoms. The van der Waals surface area contributed by atoms with Crippen molar-refractivity contribution in [1.82, 2.24) is 0 Å². The molecule has 20 heavy (non-hydrogen) atoms. The molecular weight excluding hydrogens is 511 g/mol. The Labute approximate surface area is 143 Å². The van der Waals surface area contributed by atoms with Gasteiger partial charge in [-0.15, -0.1) is 0 Å². The molecule has 0 amide bonds. The number of allylic oxidation sites excluding steroid dienone is 1. The molecule has 2 rings (SSSR count). The Hall–Kier alpha value is 1.87. The van der Waals surface area contributed by atoms with E-state index < -0.39 is 9.14 Å². The molecule has 8 heteroatoms. The van der Waals surface area contributed by atoms with Crippen molar-refractivity contribution in [1.29, 1.82) is 0 Å². The summed E-state index contributed by atoms with van der Waals surface area (Å²) < 4.78 is 0. The Balaban J connectivity index is 0.000000246. The normalized spacial score (nSPS) is 21.8. The van der Waals surface area contributed by atoms with Crippen LogP contribution in [-0.4, -0.2) is 15.4 Å². The van der Waals surface area contributed by atoms with E-state index in [1.807, 2.05) is 0 Å². The van der Waals surface area contributed by atoms with Crippen LogP contribution in [0.1, 0.15) is 19.4 Å². The zero-order valence-corrected chi connectivity index (χ0v) is 19.0. The fraction of sp³-hybridized carbons (Fsp3) is 0.333. The second-order valence-electron chi connectivity index (χ2n) is 4.68. The number of halogens is 6. The SMILES string of the molecule is CC(C)C1=C(c2ccccc2)[S+]1C.[Cl][Sb-]([Cl])([Cl])([Cl])([Cl])[Cl]. The van der Waals surface area contributed by atoms with E-state index in [4.69, 9.17) is 53.0 Å². The van der Waals surface area contributed by atoms with Crippen LogP contribution < -0.4 is 0 Å². The number of hydrogen-bond acceptors (Lipinski definition) is 0. The van der Waals surface area contributed by atoms with Gasteiger partial charge in [-0.25, -0.2) is 0 Å². The molecule has 1 aliphatic heterocycles. The molecule has 0 fully saturated rings. The van der Waals surface area contributed by atoms with E-state index in [1.54, 1.807) is 9.81 Å². The fourth-order valence-electron chi connectivity index (χ4n) is 1.76. The van der Waals surface area contributed by atoms with E-state index in [0.717, 1.165) is 5.92 Å². The molecular formula is C12H15Cl6SSb. The van der Waals surface area contributed by atoms with Gasteiger partial charge in [-0.2, -0.15) is 0 Å². The Morgan fingerprint density at radius 2 is 1.30 bits per heavy atom. The van der Waals surface area contributed by atoms with Gasteiger partial charge in [0.1, 0.15) is 6.26 Å². The van der Waals surface area contributed by atoms with Crippen molar-refractivity contribution >= 4 is 77.9 Å². The fourth-order valence-corrected chi connectivity index (χ4v) is 4.03. The third kappa shape index (κ3) is 9.11. The minimum atomic E-state index is -5.42. The molecule has 0 saturated carbocycles. The number of benzene rings is 1. The average Bonchev–Trinajstić information content (AvgIpc) is 2.87. The molecule has 1 unspecified atom stereocenters. The molecule has 0 saturated heterocycles. The molecule has 116 valence electrons. The van der Waals surface area contributed by atoms with Crippen LogP contribution in [-0.2, 0) is 10.9 Å². The Bertz CT molecular complexity index is 506. The van der Waals surface area contributed by atoms with E-state index in [1.165, 1.54) is 5.56 Å². The predicted octanol–water partition coefficient (Wildman–Crippen LogP) is 7.03. The third-order valence-corrected chi connectivity index (χ3v) is 4.58. The number of hydrogen-bond donors (Lipinski definition) is 0. The molecule has 0 aliphatic carbocycles. The van der Waals surface area contributed by atoms with E-state index in [-0.39, 0.29) is 0 Å². The summed E-state index contributed by atoms with van der Waals surface area (Å²) >= 11 is 0. The second kappa shape index (κ2) is 6.06. The molecule has 1 atom stereocenters. The van der Waals surface area contributed by atoms with Crippen molar-refractivity contribution in [3.05, 3.63) is 40.8 Å². The molecule has 1 aromatic rings. The quantitative estimate of drug-likeness (QED) is 0.287. The zero-order valence-electron chi connectivity index (χ0n) is 11.1. The van der Waals surface area contributed by atoms with Crippen LogP contribution >= 0.6 is 53.0 Å². The summed E-state index contributed by atoms with van der Waals surface area (Å²) in [5.74, 6) is 0.725. The summed E-state index contributed by atoms with van der Waals surface area (Å²) in [6, 6.07) is 10.8. The first kappa shape index (κ1) is 19.9. The first-order valence-corrected chi connectivity index (χ1v) is 26.7. The van der Waals surface area contributed by atoms with Crippen LogP contribution in [0.5, 0.6) is 0 Å². The van der Waals surface area contributed by atoms with Crippen molar-refractivity contribution in [2.24, 2.45) is 5.92 Å². The first-order valence-electron chi connectivity index (χ1n) is 5.68. The van der Waals surface area contributed by atoms with Gasteiger partial charge in [0.2, 0.25) is 4.91 Å². The van der Waals surface area contributed by atoms with Crippen LogP contribution in [0, 0.1) is 5.92 Å². The molecule has 0 radical (unpaired) electrons. The minimum absolute atomic E-state index is 0.466. The summed E-state index contributed by atoms with van der Waals surface area (Å²) in [7, 11) is 25.4. The van der Waals surface area contributed by atoms with Gasteiger partial charge in [0.15, 0.2) is 4.91 Å². The topological polar surface area (TPSA) is 0 Å². The maximum absolute atomic E-state index is 5.42. The van der Waals surface area contributed by atoms with Crippen molar-refractivity contribution in [3.8, 4) is 0 Å². The summed E-state index contributed by atoms with van der Waals surface area (Å²) in [4.78, 5) is 3.28. The van der Waals surface area contributed by atoms with Crippen LogP contribution in [0.4, 0.5) is 0 Å². The van der Waals surface area contributed by atoms with Crippen LogP contribution in [0.15, 0.2) is 35.2 Å². The van der Waals surface area contributed by atoms with Crippen LogP contribution in [0.2, 0.25) is 0 Å². The van der Waals surface area contributed by atoms with Crippen molar-refractivity contribution in [3.63, 3.8) is 0 Å². The van der Waals surface area contributed by atoms with Crippen LogP contribution in [0.3, 0.4) is 0 Å². The molecule has 0 bridgehead atoms. The van der Waals surface area contributed by atoms with E-state index in [0.29, 0.717) is 10.9 Å².